The normalized spacial score (nSPS) is 11.3. The molecule has 0 saturated carbocycles. The fourth-order valence-corrected chi connectivity index (χ4v) is 4.73. The molecule has 4 rings (SSSR count). The lowest BCUT2D eigenvalue weighted by molar-refractivity contribution is -0.142. The summed E-state index contributed by atoms with van der Waals surface area (Å²) >= 11 is 3.47. The predicted octanol–water partition coefficient (Wildman–Crippen LogP) is 5.71. The average molecular weight is 608 g/mol. The van der Waals surface area contributed by atoms with Gasteiger partial charge in [0.05, 0.1) is 38.4 Å². The molecule has 3 aromatic carbocycles. The van der Waals surface area contributed by atoms with Crippen LogP contribution >= 0.6 is 15.9 Å². The van der Waals surface area contributed by atoms with Crippen molar-refractivity contribution in [1.82, 2.24) is 9.66 Å². The molecule has 9 nitrogen and oxygen atoms in total. The van der Waals surface area contributed by atoms with Crippen LogP contribution in [-0.4, -0.2) is 49.8 Å². The molecule has 0 amide bonds. The number of rotatable bonds is 9. The summed E-state index contributed by atoms with van der Waals surface area (Å²) in [6.07, 6.45) is 1.48. The average Bonchev–Trinajstić information content (AvgIpc) is 2.95. The Balaban J connectivity index is 1.96. The van der Waals surface area contributed by atoms with Crippen molar-refractivity contribution in [1.29, 1.82) is 0 Å². The van der Waals surface area contributed by atoms with E-state index in [0.29, 0.717) is 32.5 Å². The number of halogens is 1. The number of para-hydroxylation sites is 1. The van der Waals surface area contributed by atoms with Crippen molar-refractivity contribution in [2.75, 3.05) is 27.9 Å². The maximum Gasteiger partial charge on any atom is 0.343 e. The molecule has 1 heterocycles. The molecule has 0 aliphatic carbocycles. The first-order chi connectivity index (χ1) is 19.2. The number of benzene rings is 3. The van der Waals surface area contributed by atoms with E-state index in [1.54, 1.807) is 37.4 Å². The van der Waals surface area contributed by atoms with E-state index in [1.165, 1.54) is 25.1 Å². The molecule has 0 aliphatic heterocycles. The molecule has 0 fully saturated rings. The van der Waals surface area contributed by atoms with Crippen molar-refractivity contribution in [2.45, 2.75) is 26.7 Å². The van der Waals surface area contributed by atoms with Gasteiger partial charge in [-0.2, -0.15) is 9.78 Å². The highest BCUT2D eigenvalue weighted by Crippen LogP contribution is 2.35. The monoisotopic (exact) mass is 607 g/mol. The minimum absolute atomic E-state index is 0.169. The second-order valence-corrected chi connectivity index (χ2v) is 10.2. The third-order valence-corrected chi connectivity index (χ3v) is 6.79. The first kappa shape index (κ1) is 28.8. The van der Waals surface area contributed by atoms with E-state index < -0.39 is 5.97 Å². The Kier molecular flexibility index (Phi) is 8.89. The lowest BCUT2D eigenvalue weighted by Gasteiger charge is -2.17. The van der Waals surface area contributed by atoms with Crippen molar-refractivity contribution in [3.8, 4) is 28.6 Å². The van der Waals surface area contributed by atoms with E-state index in [4.69, 9.17) is 23.9 Å². The molecule has 0 saturated heterocycles. The van der Waals surface area contributed by atoms with Gasteiger partial charge in [0.1, 0.15) is 5.75 Å². The zero-order valence-corrected chi connectivity index (χ0v) is 24.7. The van der Waals surface area contributed by atoms with Crippen LogP contribution in [0.5, 0.6) is 17.2 Å². The van der Waals surface area contributed by atoms with Gasteiger partial charge in [0.15, 0.2) is 23.9 Å². The summed E-state index contributed by atoms with van der Waals surface area (Å²) in [4.78, 5) is 30.4. The molecule has 10 heteroatoms. The molecule has 1 aromatic heterocycles. The van der Waals surface area contributed by atoms with Gasteiger partial charge in [0.25, 0.3) is 5.56 Å². The van der Waals surface area contributed by atoms with Crippen molar-refractivity contribution in [3.05, 3.63) is 80.0 Å². The number of fused-ring (bicyclic) bond motifs is 1. The molecule has 0 radical (unpaired) electrons. The molecule has 208 valence electrons. The number of aryl methyl sites for hydroxylation is 1. The third-order valence-electron chi connectivity index (χ3n) is 6.34. The van der Waals surface area contributed by atoms with Crippen molar-refractivity contribution in [2.24, 2.45) is 5.10 Å². The highest BCUT2D eigenvalue weighted by Gasteiger charge is 2.19. The minimum Gasteiger partial charge on any atom is -0.496 e. The Morgan fingerprint density at radius 2 is 1.80 bits per heavy atom. The van der Waals surface area contributed by atoms with Gasteiger partial charge in [-0.25, -0.2) is 9.78 Å². The lowest BCUT2D eigenvalue weighted by Crippen LogP contribution is -2.21. The number of hydrogen-bond acceptors (Lipinski definition) is 8. The molecule has 0 spiro atoms. The Hall–Kier alpha value is -4.18. The number of esters is 1. The smallest absolute Gasteiger partial charge is 0.343 e. The second-order valence-electron chi connectivity index (χ2n) is 9.27. The molecule has 0 atom stereocenters. The Morgan fingerprint density at radius 1 is 1.07 bits per heavy atom. The first-order valence-electron chi connectivity index (χ1n) is 12.5. The molecule has 40 heavy (non-hydrogen) atoms. The zero-order chi connectivity index (χ0) is 29.0. The predicted molar refractivity (Wildman–Crippen MR) is 158 cm³/mol. The van der Waals surface area contributed by atoms with E-state index in [0.717, 1.165) is 22.4 Å². The summed E-state index contributed by atoms with van der Waals surface area (Å²) in [5.41, 5.74) is 3.29. The summed E-state index contributed by atoms with van der Waals surface area (Å²) in [5, 5.41) is 5.02. The third kappa shape index (κ3) is 5.86. The van der Waals surface area contributed by atoms with Gasteiger partial charge in [0.2, 0.25) is 0 Å². The molecule has 0 bridgehead atoms. The van der Waals surface area contributed by atoms with Crippen molar-refractivity contribution >= 4 is 39.0 Å². The van der Waals surface area contributed by atoms with Crippen LogP contribution < -0.4 is 19.8 Å². The van der Waals surface area contributed by atoms with E-state index in [9.17, 15) is 9.59 Å². The highest BCUT2D eigenvalue weighted by atomic mass is 79.9. The Labute approximate surface area is 240 Å². The highest BCUT2D eigenvalue weighted by molar-refractivity contribution is 9.10. The fraction of sp³-hybridized carbons (Fsp3) is 0.267. The van der Waals surface area contributed by atoms with Gasteiger partial charge in [-0.05, 0) is 60.4 Å². The van der Waals surface area contributed by atoms with E-state index in [1.807, 2.05) is 25.1 Å². The fourth-order valence-electron chi connectivity index (χ4n) is 4.27. The van der Waals surface area contributed by atoms with Gasteiger partial charge < -0.3 is 18.9 Å². The van der Waals surface area contributed by atoms with Gasteiger partial charge in [0, 0.05) is 15.6 Å². The van der Waals surface area contributed by atoms with Crippen LogP contribution in [0.25, 0.3) is 22.3 Å². The van der Waals surface area contributed by atoms with Crippen LogP contribution in [0.15, 0.2) is 62.9 Å². The number of methoxy groups -OCH3 is 3. The van der Waals surface area contributed by atoms with Crippen molar-refractivity contribution < 1.29 is 23.7 Å². The number of hydrogen-bond donors (Lipinski definition) is 0. The van der Waals surface area contributed by atoms with Gasteiger partial charge >= 0.3 is 5.97 Å². The molecule has 0 N–H and O–H groups in total. The van der Waals surface area contributed by atoms with E-state index in [2.05, 4.69) is 34.9 Å². The standard InChI is InChI=1S/C30H30BrN3O6/c1-17(2)22-14-23(18(3)11-25(22)37-4)29-33-24-10-8-7-9-21(24)30(36)34(29)32-15-19-12-20(31)13-26(38-5)28(19)40-16-27(35)39-6/h7-15,17H,16H2,1-6H3. The molecule has 0 unspecified atom stereocenters. The zero-order valence-electron chi connectivity index (χ0n) is 23.1. The largest absolute Gasteiger partial charge is 0.496 e. The van der Waals surface area contributed by atoms with Crippen LogP contribution in [0, 0.1) is 6.92 Å². The van der Waals surface area contributed by atoms with E-state index >= 15 is 0 Å². The van der Waals surface area contributed by atoms with Gasteiger partial charge in [-0.3, -0.25) is 4.79 Å². The summed E-state index contributed by atoms with van der Waals surface area (Å²) in [5.74, 6) is 1.40. The Morgan fingerprint density at radius 3 is 2.48 bits per heavy atom. The minimum atomic E-state index is -0.555. The number of nitrogens with zero attached hydrogens (tertiary/aromatic N) is 3. The Bertz CT molecular complexity index is 1660. The van der Waals surface area contributed by atoms with Crippen molar-refractivity contribution in [3.63, 3.8) is 0 Å². The van der Waals surface area contributed by atoms with Crippen LogP contribution in [0.2, 0.25) is 0 Å². The number of carbonyl (C=O) groups is 1. The second kappa shape index (κ2) is 12.3. The van der Waals surface area contributed by atoms with Gasteiger partial charge in [-0.15, -0.1) is 0 Å². The van der Waals surface area contributed by atoms with Crippen LogP contribution in [-0.2, 0) is 9.53 Å². The lowest BCUT2D eigenvalue weighted by atomic mass is 9.96. The van der Waals surface area contributed by atoms with Crippen LogP contribution in [0.1, 0.15) is 36.5 Å². The first-order valence-corrected chi connectivity index (χ1v) is 13.3. The molecule has 0 aliphatic rings. The maximum absolute atomic E-state index is 13.8. The number of ether oxygens (including phenoxy) is 4. The summed E-state index contributed by atoms with van der Waals surface area (Å²) in [6, 6.07) is 14.5. The maximum atomic E-state index is 13.8. The molecular formula is C30H30BrN3O6. The SMILES string of the molecule is COC(=O)COc1c(C=Nn2c(-c3cc(C(C)C)c(OC)cc3C)nc3ccccc3c2=O)cc(Br)cc1OC. The number of carbonyl (C=O) groups excluding carboxylic acids is 1. The summed E-state index contributed by atoms with van der Waals surface area (Å²) in [6.45, 7) is 5.76. The topological polar surface area (TPSA) is 101 Å². The summed E-state index contributed by atoms with van der Waals surface area (Å²) < 4.78 is 23.5. The quantitative estimate of drug-likeness (QED) is 0.177. The molecule has 4 aromatic rings. The van der Waals surface area contributed by atoms with E-state index in [-0.39, 0.29) is 23.8 Å². The number of aromatic nitrogens is 2. The van der Waals surface area contributed by atoms with Crippen LogP contribution in [0.3, 0.4) is 0 Å². The molecular weight excluding hydrogens is 578 g/mol. The van der Waals surface area contributed by atoms with Crippen LogP contribution in [0.4, 0.5) is 0 Å². The van der Waals surface area contributed by atoms with Gasteiger partial charge in [-0.1, -0.05) is 41.9 Å². The summed E-state index contributed by atoms with van der Waals surface area (Å²) in [7, 11) is 4.41.